The Morgan fingerprint density at radius 1 is 1.24 bits per heavy atom. The highest BCUT2D eigenvalue weighted by Gasteiger charge is 2.19. The highest BCUT2D eigenvalue weighted by atomic mass is 32.2. The van der Waals surface area contributed by atoms with Crippen LogP contribution in [0.15, 0.2) is 45.7 Å². The van der Waals surface area contributed by atoms with Gasteiger partial charge in [0.15, 0.2) is 5.76 Å². The SMILES string of the molecule is CNS(=O)(=O)c1ccccc1NC(=O)c1ccc(CN)o1. The second-order valence-corrected chi connectivity index (χ2v) is 5.98. The van der Waals surface area contributed by atoms with Gasteiger partial charge in [-0.25, -0.2) is 13.1 Å². The van der Waals surface area contributed by atoms with Crippen LogP contribution in [-0.4, -0.2) is 21.4 Å². The molecule has 1 aromatic heterocycles. The van der Waals surface area contributed by atoms with Crippen LogP contribution in [0.3, 0.4) is 0 Å². The van der Waals surface area contributed by atoms with Crippen LogP contribution >= 0.6 is 0 Å². The number of rotatable bonds is 5. The third kappa shape index (κ3) is 3.30. The van der Waals surface area contributed by atoms with Crippen LogP contribution in [0.2, 0.25) is 0 Å². The first kappa shape index (κ1) is 15.2. The standard InChI is InChI=1S/C13H15N3O4S/c1-15-21(18,19)12-5-3-2-4-10(12)16-13(17)11-7-6-9(8-14)20-11/h2-7,15H,8,14H2,1H3,(H,16,17). The number of nitrogens with two attached hydrogens (primary N) is 1. The maximum absolute atomic E-state index is 12.0. The van der Waals surface area contributed by atoms with Crippen LogP contribution in [0.4, 0.5) is 5.69 Å². The van der Waals surface area contributed by atoms with E-state index in [0.717, 1.165) is 0 Å². The molecule has 2 rings (SSSR count). The van der Waals surface area contributed by atoms with Crippen molar-refractivity contribution in [2.24, 2.45) is 5.73 Å². The number of para-hydroxylation sites is 1. The van der Waals surface area contributed by atoms with Crippen LogP contribution in [0.1, 0.15) is 16.3 Å². The minimum Gasteiger partial charge on any atom is -0.455 e. The second kappa shape index (κ2) is 6.08. The molecule has 1 amide bonds. The third-order valence-electron chi connectivity index (χ3n) is 2.78. The molecular formula is C13H15N3O4S. The van der Waals surface area contributed by atoms with E-state index in [1.54, 1.807) is 18.2 Å². The van der Waals surface area contributed by atoms with Gasteiger partial charge in [0, 0.05) is 0 Å². The molecule has 0 spiro atoms. The maximum atomic E-state index is 12.0. The largest absolute Gasteiger partial charge is 0.455 e. The predicted octanol–water partition coefficient (Wildman–Crippen LogP) is 0.899. The molecule has 0 saturated carbocycles. The Bertz CT molecular complexity index is 752. The molecule has 0 unspecified atom stereocenters. The zero-order valence-electron chi connectivity index (χ0n) is 11.3. The lowest BCUT2D eigenvalue weighted by atomic mass is 10.3. The lowest BCUT2D eigenvalue weighted by molar-refractivity contribution is 0.0995. The summed E-state index contributed by atoms with van der Waals surface area (Å²) in [6, 6.07) is 9.15. The summed E-state index contributed by atoms with van der Waals surface area (Å²) in [5, 5.41) is 2.51. The maximum Gasteiger partial charge on any atom is 0.291 e. The summed E-state index contributed by atoms with van der Waals surface area (Å²) < 4.78 is 31.2. The first-order valence-corrected chi connectivity index (χ1v) is 7.59. The summed E-state index contributed by atoms with van der Waals surface area (Å²) in [6.45, 7) is 0.179. The van der Waals surface area contributed by atoms with Crippen molar-refractivity contribution < 1.29 is 17.6 Å². The van der Waals surface area contributed by atoms with E-state index in [4.69, 9.17) is 10.2 Å². The van der Waals surface area contributed by atoms with Gasteiger partial charge in [-0.1, -0.05) is 12.1 Å². The number of amides is 1. The fourth-order valence-corrected chi connectivity index (χ4v) is 2.59. The Morgan fingerprint density at radius 3 is 2.57 bits per heavy atom. The number of benzene rings is 1. The molecule has 21 heavy (non-hydrogen) atoms. The van der Waals surface area contributed by atoms with Crippen molar-refractivity contribution in [1.82, 2.24) is 4.72 Å². The van der Waals surface area contributed by atoms with Gasteiger partial charge in [0.05, 0.1) is 12.2 Å². The van der Waals surface area contributed by atoms with Crippen LogP contribution in [0, 0.1) is 0 Å². The fourth-order valence-electron chi connectivity index (χ4n) is 1.71. The van der Waals surface area contributed by atoms with E-state index >= 15 is 0 Å². The van der Waals surface area contributed by atoms with Crippen LogP contribution in [-0.2, 0) is 16.6 Å². The number of sulfonamides is 1. The number of furan rings is 1. The van der Waals surface area contributed by atoms with Crippen molar-refractivity contribution >= 4 is 21.6 Å². The van der Waals surface area contributed by atoms with E-state index in [0.29, 0.717) is 5.76 Å². The van der Waals surface area contributed by atoms with E-state index in [-0.39, 0.29) is 22.9 Å². The molecule has 0 atom stereocenters. The van der Waals surface area contributed by atoms with Crippen molar-refractivity contribution in [3.63, 3.8) is 0 Å². The number of carbonyl (C=O) groups is 1. The summed E-state index contributed by atoms with van der Waals surface area (Å²) in [6.07, 6.45) is 0. The molecule has 1 aromatic carbocycles. The minimum atomic E-state index is -3.67. The van der Waals surface area contributed by atoms with Gasteiger partial charge in [-0.3, -0.25) is 4.79 Å². The van der Waals surface area contributed by atoms with E-state index in [9.17, 15) is 13.2 Å². The smallest absolute Gasteiger partial charge is 0.291 e. The number of nitrogens with one attached hydrogen (secondary N) is 2. The molecule has 4 N–H and O–H groups in total. The first-order chi connectivity index (χ1) is 9.97. The molecule has 0 aliphatic heterocycles. The molecule has 0 aliphatic carbocycles. The highest BCUT2D eigenvalue weighted by molar-refractivity contribution is 7.89. The van der Waals surface area contributed by atoms with Crippen molar-refractivity contribution in [3.8, 4) is 0 Å². The fraction of sp³-hybridized carbons (Fsp3) is 0.154. The molecule has 2 aromatic rings. The minimum absolute atomic E-state index is 0.0218. The molecule has 7 nitrogen and oxygen atoms in total. The molecule has 0 fully saturated rings. The topological polar surface area (TPSA) is 114 Å². The zero-order chi connectivity index (χ0) is 15.5. The van der Waals surface area contributed by atoms with Gasteiger partial charge in [0.2, 0.25) is 10.0 Å². The average Bonchev–Trinajstić information content (AvgIpc) is 2.96. The van der Waals surface area contributed by atoms with Crippen LogP contribution in [0.25, 0.3) is 0 Å². The molecular weight excluding hydrogens is 294 g/mol. The predicted molar refractivity (Wildman–Crippen MR) is 77.2 cm³/mol. The first-order valence-electron chi connectivity index (χ1n) is 6.10. The summed E-state index contributed by atoms with van der Waals surface area (Å²) in [5.41, 5.74) is 5.57. The molecule has 0 aliphatic rings. The Balaban J connectivity index is 2.30. The third-order valence-corrected chi connectivity index (χ3v) is 4.25. The Hall–Kier alpha value is -2.16. The highest BCUT2D eigenvalue weighted by Crippen LogP contribution is 2.21. The normalized spacial score (nSPS) is 11.3. The van der Waals surface area contributed by atoms with Gasteiger partial charge >= 0.3 is 0 Å². The molecule has 0 saturated heterocycles. The van der Waals surface area contributed by atoms with Crippen molar-refractivity contribution in [3.05, 3.63) is 47.9 Å². The van der Waals surface area contributed by atoms with Gasteiger partial charge < -0.3 is 15.5 Å². The van der Waals surface area contributed by atoms with E-state index in [2.05, 4.69) is 10.0 Å². The molecule has 0 bridgehead atoms. The number of hydrogen-bond acceptors (Lipinski definition) is 5. The molecule has 1 heterocycles. The van der Waals surface area contributed by atoms with Crippen LogP contribution in [0.5, 0.6) is 0 Å². The Labute approximate surface area is 122 Å². The number of anilines is 1. The number of hydrogen-bond donors (Lipinski definition) is 3. The Morgan fingerprint density at radius 2 is 1.95 bits per heavy atom. The summed E-state index contributed by atoms with van der Waals surface area (Å²) in [5.74, 6) is -0.0168. The number of carbonyl (C=O) groups excluding carboxylic acids is 1. The summed E-state index contributed by atoms with van der Waals surface area (Å²) in [4.78, 5) is 12.0. The zero-order valence-corrected chi connectivity index (χ0v) is 12.1. The van der Waals surface area contributed by atoms with Gasteiger partial charge in [0.1, 0.15) is 10.7 Å². The van der Waals surface area contributed by atoms with Gasteiger partial charge in [-0.05, 0) is 31.3 Å². The second-order valence-electron chi connectivity index (χ2n) is 4.13. The Kier molecular flexibility index (Phi) is 4.41. The van der Waals surface area contributed by atoms with Gasteiger partial charge in [-0.15, -0.1) is 0 Å². The lowest BCUT2D eigenvalue weighted by Gasteiger charge is -2.10. The quantitative estimate of drug-likeness (QED) is 0.759. The van der Waals surface area contributed by atoms with E-state index in [1.807, 2.05) is 0 Å². The summed E-state index contributed by atoms with van der Waals surface area (Å²) >= 11 is 0. The van der Waals surface area contributed by atoms with Crippen molar-refractivity contribution in [2.45, 2.75) is 11.4 Å². The van der Waals surface area contributed by atoms with Crippen molar-refractivity contribution in [2.75, 3.05) is 12.4 Å². The van der Waals surface area contributed by atoms with E-state index < -0.39 is 15.9 Å². The monoisotopic (exact) mass is 309 g/mol. The molecule has 112 valence electrons. The molecule has 0 radical (unpaired) electrons. The lowest BCUT2D eigenvalue weighted by Crippen LogP contribution is -2.21. The van der Waals surface area contributed by atoms with Crippen molar-refractivity contribution in [1.29, 1.82) is 0 Å². The van der Waals surface area contributed by atoms with Gasteiger partial charge in [-0.2, -0.15) is 0 Å². The van der Waals surface area contributed by atoms with E-state index in [1.165, 1.54) is 25.2 Å². The average molecular weight is 309 g/mol. The van der Waals surface area contributed by atoms with Gasteiger partial charge in [0.25, 0.3) is 5.91 Å². The summed E-state index contributed by atoms with van der Waals surface area (Å²) in [7, 11) is -2.37. The molecule has 8 heteroatoms. The van der Waals surface area contributed by atoms with Crippen LogP contribution < -0.4 is 15.8 Å².